The molecule has 0 unspecified atom stereocenters. The minimum Gasteiger partial charge on any atom is -0.497 e. The summed E-state index contributed by atoms with van der Waals surface area (Å²) in [6.07, 6.45) is 15.7. The first kappa shape index (κ1) is 24.9. The number of hydrogen-bond donors (Lipinski definition) is 1. The molecule has 1 aromatic carbocycles. The molecule has 0 radical (unpaired) electrons. The van der Waals surface area contributed by atoms with Crippen LogP contribution >= 0.6 is 0 Å². The molecule has 2 aromatic rings. The van der Waals surface area contributed by atoms with Gasteiger partial charge in [-0.15, -0.1) is 0 Å². The Morgan fingerprint density at radius 1 is 0.972 bits per heavy atom. The molecule has 0 bridgehead atoms. The van der Waals surface area contributed by atoms with Gasteiger partial charge in [-0.05, 0) is 127 Å². The summed E-state index contributed by atoms with van der Waals surface area (Å²) in [6.45, 7) is 12.8. The fourth-order valence-electron chi connectivity index (χ4n) is 10.6. The molecule has 1 heterocycles. The van der Waals surface area contributed by atoms with Crippen LogP contribution in [0, 0.1) is 52.3 Å². The van der Waals surface area contributed by atoms with Gasteiger partial charge in [0.05, 0.1) is 7.11 Å². The first-order valence-corrected chi connectivity index (χ1v) is 15.4. The molecule has 0 saturated heterocycles. The molecule has 2 nitrogen and oxygen atoms in total. The van der Waals surface area contributed by atoms with E-state index in [4.69, 9.17) is 4.74 Å². The zero-order valence-electron chi connectivity index (χ0n) is 24.0. The van der Waals surface area contributed by atoms with Crippen molar-refractivity contribution in [1.29, 1.82) is 0 Å². The number of ether oxygens (including phenoxy) is 1. The summed E-state index contributed by atoms with van der Waals surface area (Å²) >= 11 is 0. The number of methoxy groups -OCH3 is 1. The first-order valence-electron chi connectivity index (χ1n) is 15.4. The lowest BCUT2D eigenvalue weighted by Gasteiger charge is -2.60. The van der Waals surface area contributed by atoms with Crippen LogP contribution in [-0.4, -0.2) is 12.1 Å². The molecule has 0 aliphatic heterocycles. The number of nitrogens with one attached hydrogen (secondary N) is 1. The van der Waals surface area contributed by atoms with Crippen molar-refractivity contribution in [3.63, 3.8) is 0 Å². The monoisotopic (exact) mass is 489 g/mol. The lowest BCUT2D eigenvalue weighted by Crippen LogP contribution is -2.54. The number of fused-ring (bicyclic) bond motifs is 8. The van der Waals surface area contributed by atoms with Crippen molar-refractivity contribution in [2.24, 2.45) is 52.3 Å². The maximum absolute atomic E-state index is 5.61. The van der Waals surface area contributed by atoms with Crippen LogP contribution in [0.2, 0.25) is 0 Å². The van der Waals surface area contributed by atoms with Crippen molar-refractivity contribution in [3.05, 3.63) is 29.5 Å². The average Bonchev–Trinajstić information content (AvgIpc) is 3.38. The van der Waals surface area contributed by atoms with Gasteiger partial charge < -0.3 is 9.72 Å². The van der Waals surface area contributed by atoms with E-state index in [1.165, 1.54) is 87.2 Å². The topological polar surface area (TPSA) is 25.0 Å². The molecule has 2 heteroatoms. The van der Waals surface area contributed by atoms with Gasteiger partial charge in [0.2, 0.25) is 0 Å². The Morgan fingerprint density at radius 3 is 2.56 bits per heavy atom. The summed E-state index contributed by atoms with van der Waals surface area (Å²) in [5.41, 5.74) is 5.49. The van der Waals surface area contributed by atoms with Crippen LogP contribution < -0.4 is 4.74 Å². The normalized spacial score (nSPS) is 38.4. The largest absolute Gasteiger partial charge is 0.497 e. The lowest BCUT2D eigenvalue weighted by atomic mass is 9.44. The van der Waals surface area contributed by atoms with Gasteiger partial charge in [0.1, 0.15) is 5.75 Å². The number of hydrogen-bond acceptors (Lipinski definition) is 1. The Bertz CT molecular complexity index is 1100. The second-order valence-electron chi connectivity index (χ2n) is 14.6. The van der Waals surface area contributed by atoms with Gasteiger partial charge in [-0.1, -0.05) is 53.9 Å². The minimum atomic E-state index is 0.455. The average molecular weight is 490 g/mol. The number of benzene rings is 1. The smallest absolute Gasteiger partial charge is 0.119 e. The molecule has 198 valence electrons. The highest BCUT2D eigenvalue weighted by molar-refractivity contribution is 5.86. The maximum Gasteiger partial charge on any atom is 0.119 e. The van der Waals surface area contributed by atoms with E-state index in [9.17, 15) is 0 Å². The molecule has 4 aliphatic rings. The highest BCUT2D eigenvalue weighted by atomic mass is 16.5. The molecule has 8 atom stereocenters. The van der Waals surface area contributed by atoms with Gasteiger partial charge in [0, 0.05) is 16.6 Å². The summed E-state index contributed by atoms with van der Waals surface area (Å²) in [4.78, 5) is 3.82. The molecule has 1 N–H and O–H groups in total. The highest BCUT2D eigenvalue weighted by Gasteiger charge is 2.60. The summed E-state index contributed by atoms with van der Waals surface area (Å²) in [5.74, 6) is 7.39. The highest BCUT2D eigenvalue weighted by Crippen LogP contribution is 2.68. The second kappa shape index (κ2) is 9.09. The molecular weight excluding hydrogens is 438 g/mol. The van der Waals surface area contributed by atoms with Crippen LogP contribution in [0.25, 0.3) is 10.9 Å². The van der Waals surface area contributed by atoms with Crippen molar-refractivity contribution in [2.75, 3.05) is 7.11 Å². The summed E-state index contributed by atoms with van der Waals surface area (Å²) in [7, 11) is 1.79. The van der Waals surface area contributed by atoms with Crippen LogP contribution in [0.1, 0.15) is 104 Å². The van der Waals surface area contributed by atoms with E-state index in [2.05, 4.69) is 57.8 Å². The molecule has 6 rings (SSSR count). The second-order valence-corrected chi connectivity index (χ2v) is 14.6. The summed E-state index contributed by atoms with van der Waals surface area (Å²) < 4.78 is 5.61. The van der Waals surface area contributed by atoms with Crippen LogP contribution in [0.3, 0.4) is 0 Å². The number of rotatable bonds is 6. The quantitative estimate of drug-likeness (QED) is 0.430. The van der Waals surface area contributed by atoms with Gasteiger partial charge in [-0.25, -0.2) is 0 Å². The van der Waals surface area contributed by atoms with Crippen molar-refractivity contribution < 1.29 is 4.74 Å². The fourth-order valence-corrected chi connectivity index (χ4v) is 10.6. The Hall–Kier alpha value is -1.44. The van der Waals surface area contributed by atoms with E-state index < -0.39 is 0 Å². The SMILES string of the molecule is COc1ccc2[nH]c3c(c2c1)C[C@@]1(C)[C@@H](CC[C@@H]2[C@@H]1CC[C@]1(C)[C@@H]([C@H](C)CCCC(C)C)CC[C@@H]21)C3. The fraction of sp³-hybridized carbons (Fsp3) is 0.765. The van der Waals surface area contributed by atoms with Gasteiger partial charge in [0.15, 0.2) is 0 Å². The van der Waals surface area contributed by atoms with E-state index in [0.717, 1.165) is 47.2 Å². The van der Waals surface area contributed by atoms with E-state index in [1.807, 2.05) is 0 Å². The minimum absolute atomic E-state index is 0.455. The predicted molar refractivity (Wildman–Crippen MR) is 151 cm³/mol. The van der Waals surface area contributed by atoms with E-state index in [0.29, 0.717) is 10.8 Å². The Labute approximate surface area is 220 Å². The van der Waals surface area contributed by atoms with E-state index >= 15 is 0 Å². The zero-order chi connectivity index (χ0) is 25.2. The molecular formula is C34H51NO. The van der Waals surface area contributed by atoms with E-state index in [-0.39, 0.29) is 0 Å². The van der Waals surface area contributed by atoms with Crippen LogP contribution in [0.5, 0.6) is 5.75 Å². The summed E-state index contributed by atoms with van der Waals surface area (Å²) in [6, 6.07) is 6.63. The van der Waals surface area contributed by atoms with Gasteiger partial charge >= 0.3 is 0 Å². The Kier molecular flexibility index (Phi) is 6.28. The third-order valence-electron chi connectivity index (χ3n) is 12.5. The molecule has 3 saturated carbocycles. The van der Waals surface area contributed by atoms with Gasteiger partial charge in [-0.3, -0.25) is 0 Å². The Balaban J connectivity index is 1.24. The third kappa shape index (κ3) is 3.79. The zero-order valence-corrected chi connectivity index (χ0v) is 24.0. The maximum atomic E-state index is 5.61. The standard InChI is InChI=1S/C34H51NO/c1-21(2)8-7-9-22(3)28-13-14-29-25-12-10-23-18-32-27(26-19-24(36-6)11-15-31(26)35-32)20-34(23,5)30(25)16-17-33(28,29)4/h11,15,19,21-23,25,28-30,35H,7-10,12-14,16-18,20H2,1-6H3/t22-,23+,25+,28-,29+,30+,33-,34+/m1/s1. The molecule has 0 spiro atoms. The molecule has 36 heavy (non-hydrogen) atoms. The van der Waals surface area contributed by atoms with Crippen molar-refractivity contribution in [1.82, 2.24) is 4.98 Å². The van der Waals surface area contributed by atoms with Crippen molar-refractivity contribution >= 4 is 10.9 Å². The van der Waals surface area contributed by atoms with Crippen LogP contribution in [-0.2, 0) is 12.8 Å². The lowest BCUT2D eigenvalue weighted by molar-refractivity contribution is -0.103. The summed E-state index contributed by atoms with van der Waals surface area (Å²) in [5, 5.41) is 1.42. The number of H-pyrrole nitrogens is 1. The number of aromatic nitrogens is 1. The number of aromatic amines is 1. The molecule has 4 aliphatic carbocycles. The van der Waals surface area contributed by atoms with E-state index in [1.54, 1.807) is 12.7 Å². The predicted octanol–water partition coefficient (Wildman–Crippen LogP) is 9.21. The molecule has 1 aromatic heterocycles. The van der Waals surface area contributed by atoms with Gasteiger partial charge in [0.25, 0.3) is 0 Å². The first-order chi connectivity index (χ1) is 17.2. The van der Waals surface area contributed by atoms with Gasteiger partial charge in [-0.2, -0.15) is 0 Å². The van der Waals surface area contributed by atoms with Crippen LogP contribution in [0.4, 0.5) is 0 Å². The molecule has 0 amide bonds. The Morgan fingerprint density at radius 2 is 1.78 bits per heavy atom. The van der Waals surface area contributed by atoms with Crippen LogP contribution in [0.15, 0.2) is 18.2 Å². The molecule has 3 fully saturated rings. The van der Waals surface area contributed by atoms with Crippen molar-refractivity contribution in [2.45, 2.75) is 105 Å². The third-order valence-corrected chi connectivity index (χ3v) is 12.5. The van der Waals surface area contributed by atoms with Crippen molar-refractivity contribution in [3.8, 4) is 5.75 Å².